The number of nitriles is 1. The highest BCUT2D eigenvalue weighted by molar-refractivity contribution is 6.32. The minimum absolute atomic E-state index is 0.260. The number of anilines is 1. The summed E-state index contributed by atoms with van der Waals surface area (Å²) >= 11 is 6.07. The van der Waals surface area contributed by atoms with E-state index in [-0.39, 0.29) is 11.9 Å². The van der Waals surface area contributed by atoms with Gasteiger partial charge in [-0.15, -0.1) is 0 Å². The van der Waals surface area contributed by atoms with Crippen LogP contribution in [0.3, 0.4) is 0 Å². The van der Waals surface area contributed by atoms with Gasteiger partial charge in [0, 0.05) is 32.1 Å². The number of hydrogen-bond acceptors (Lipinski definition) is 3. The van der Waals surface area contributed by atoms with Crippen LogP contribution in [0.2, 0.25) is 5.02 Å². The third kappa shape index (κ3) is 2.04. The van der Waals surface area contributed by atoms with Gasteiger partial charge in [-0.2, -0.15) is 5.26 Å². The maximum atomic E-state index is 11.7. The Morgan fingerprint density at radius 3 is 3.00 bits per heavy atom. The fourth-order valence-corrected chi connectivity index (χ4v) is 3.18. The zero-order valence-corrected chi connectivity index (χ0v) is 11.2. The van der Waals surface area contributed by atoms with Crippen LogP contribution < -0.4 is 4.90 Å². The first-order valence-electron chi connectivity index (χ1n) is 6.43. The predicted molar refractivity (Wildman–Crippen MR) is 73.1 cm³/mol. The van der Waals surface area contributed by atoms with E-state index in [2.05, 4.69) is 11.0 Å². The van der Waals surface area contributed by atoms with Gasteiger partial charge in [0.05, 0.1) is 16.3 Å². The average molecular weight is 276 g/mol. The Hall–Kier alpha value is -1.73. The van der Waals surface area contributed by atoms with Crippen LogP contribution in [0.4, 0.5) is 5.69 Å². The maximum Gasteiger partial charge on any atom is 0.223 e. The van der Waals surface area contributed by atoms with Crippen molar-refractivity contribution in [1.82, 2.24) is 4.90 Å². The molecule has 2 aliphatic rings. The van der Waals surface area contributed by atoms with Gasteiger partial charge < -0.3 is 9.80 Å². The summed E-state index contributed by atoms with van der Waals surface area (Å²) in [6, 6.07) is 7.99. The molecule has 2 fully saturated rings. The van der Waals surface area contributed by atoms with Gasteiger partial charge in [0.1, 0.15) is 6.07 Å². The molecular weight excluding hydrogens is 262 g/mol. The van der Waals surface area contributed by atoms with E-state index in [1.807, 2.05) is 17.0 Å². The molecule has 5 heteroatoms. The normalized spacial score (nSPS) is 22.3. The number of rotatable bonds is 1. The summed E-state index contributed by atoms with van der Waals surface area (Å²) < 4.78 is 0. The summed E-state index contributed by atoms with van der Waals surface area (Å²) in [5.41, 5.74) is 1.41. The lowest BCUT2D eigenvalue weighted by Gasteiger charge is -2.39. The largest absolute Gasteiger partial charge is 0.367 e. The number of fused-ring (bicyclic) bond motifs is 1. The summed E-state index contributed by atoms with van der Waals surface area (Å²) in [6.07, 6.45) is 1.57. The van der Waals surface area contributed by atoms with Gasteiger partial charge in [-0.25, -0.2) is 0 Å². The van der Waals surface area contributed by atoms with Gasteiger partial charge in [0.15, 0.2) is 0 Å². The first-order valence-corrected chi connectivity index (χ1v) is 6.81. The van der Waals surface area contributed by atoms with E-state index in [0.29, 0.717) is 17.0 Å². The maximum absolute atomic E-state index is 11.7. The lowest BCUT2D eigenvalue weighted by Crippen LogP contribution is -2.51. The predicted octanol–water partition coefficient (Wildman–Crippen LogP) is 2.02. The Kier molecular flexibility index (Phi) is 3.08. The minimum atomic E-state index is 0.260. The number of carbonyl (C=O) groups excluding carboxylic acids is 1. The summed E-state index contributed by atoms with van der Waals surface area (Å²) in [5.74, 6) is 0.260. The van der Waals surface area contributed by atoms with Crippen LogP contribution in [0.5, 0.6) is 0 Å². The Balaban J connectivity index is 1.87. The number of hydrogen-bond donors (Lipinski definition) is 0. The van der Waals surface area contributed by atoms with Gasteiger partial charge in [-0.1, -0.05) is 17.7 Å². The van der Waals surface area contributed by atoms with E-state index in [1.165, 1.54) is 0 Å². The average Bonchev–Trinajstić information content (AvgIpc) is 2.79. The fraction of sp³-hybridized carbons (Fsp3) is 0.429. The minimum Gasteiger partial charge on any atom is -0.367 e. The molecule has 0 spiro atoms. The van der Waals surface area contributed by atoms with Gasteiger partial charge in [0.2, 0.25) is 5.91 Å². The number of amides is 1. The van der Waals surface area contributed by atoms with Crippen molar-refractivity contribution in [2.45, 2.75) is 18.9 Å². The smallest absolute Gasteiger partial charge is 0.223 e. The van der Waals surface area contributed by atoms with E-state index in [1.54, 1.807) is 6.07 Å². The fourth-order valence-electron chi connectivity index (χ4n) is 2.97. The van der Waals surface area contributed by atoms with Crippen molar-refractivity contribution >= 4 is 23.2 Å². The highest BCUT2D eigenvalue weighted by atomic mass is 35.5. The molecule has 0 N–H and O–H groups in total. The molecule has 1 unspecified atom stereocenters. The van der Waals surface area contributed by atoms with Crippen LogP contribution in [0.15, 0.2) is 18.2 Å². The Morgan fingerprint density at radius 2 is 2.21 bits per heavy atom. The van der Waals surface area contributed by atoms with Crippen molar-refractivity contribution in [3.05, 3.63) is 28.8 Å². The molecule has 1 amide bonds. The summed E-state index contributed by atoms with van der Waals surface area (Å²) in [7, 11) is 0. The number of benzene rings is 1. The molecule has 0 bridgehead atoms. The molecule has 2 heterocycles. The molecule has 1 aromatic rings. The van der Waals surface area contributed by atoms with Gasteiger partial charge in [-0.3, -0.25) is 4.79 Å². The molecule has 0 aliphatic carbocycles. The molecule has 1 atom stereocenters. The van der Waals surface area contributed by atoms with Crippen LogP contribution >= 0.6 is 11.6 Å². The van der Waals surface area contributed by atoms with Crippen LogP contribution in [0, 0.1) is 11.3 Å². The van der Waals surface area contributed by atoms with Crippen LogP contribution in [0.1, 0.15) is 18.4 Å². The molecule has 1 aromatic carbocycles. The molecule has 2 saturated heterocycles. The third-order valence-electron chi connectivity index (χ3n) is 3.94. The lowest BCUT2D eigenvalue weighted by atomic mass is 10.1. The van der Waals surface area contributed by atoms with Crippen molar-refractivity contribution in [3.63, 3.8) is 0 Å². The Labute approximate surface area is 117 Å². The zero-order valence-electron chi connectivity index (χ0n) is 10.5. The SMILES string of the molecule is N#Cc1c(Cl)cccc1N1CCN2C(=O)CCC2C1. The number of carbonyl (C=O) groups is 1. The van der Waals surface area contributed by atoms with E-state index >= 15 is 0 Å². The summed E-state index contributed by atoms with van der Waals surface area (Å²) in [4.78, 5) is 15.8. The number of piperazine rings is 1. The Morgan fingerprint density at radius 1 is 1.37 bits per heavy atom. The van der Waals surface area contributed by atoms with E-state index in [9.17, 15) is 10.1 Å². The molecule has 0 saturated carbocycles. The van der Waals surface area contributed by atoms with Gasteiger partial charge >= 0.3 is 0 Å². The van der Waals surface area contributed by atoms with E-state index < -0.39 is 0 Å². The standard InChI is InChI=1S/C14H14ClN3O/c15-12-2-1-3-13(11(12)8-16)17-6-7-18-10(9-17)4-5-14(18)19/h1-3,10H,4-7,9H2. The quantitative estimate of drug-likeness (QED) is 0.788. The van der Waals surface area contributed by atoms with Crippen LogP contribution in [-0.4, -0.2) is 36.5 Å². The second kappa shape index (κ2) is 4.75. The molecule has 0 aromatic heterocycles. The molecular formula is C14H14ClN3O. The van der Waals surface area contributed by atoms with Crippen molar-refractivity contribution in [2.24, 2.45) is 0 Å². The highest BCUT2D eigenvalue weighted by Gasteiger charge is 2.36. The van der Waals surface area contributed by atoms with Gasteiger partial charge in [-0.05, 0) is 18.6 Å². The zero-order chi connectivity index (χ0) is 13.4. The van der Waals surface area contributed by atoms with E-state index in [4.69, 9.17) is 11.6 Å². The summed E-state index contributed by atoms with van der Waals surface area (Å²) in [5, 5.41) is 9.72. The second-order valence-corrected chi connectivity index (χ2v) is 5.38. The van der Waals surface area contributed by atoms with Crippen molar-refractivity contribution in [2.75, 3.05) is 24.5 Å². The topological polar surface area (TPSA) is 47.3 Å². The molecule has 2 aliphatic heterocycles. The second-order valence-electron chi connectivity index (χ2n) is 4.97. The summed E-state index contributed by atoms with van der Waals surface area (Å²) in [6.45, 7) is 2.29. The molecule has 3 rings (SSSR count). The van der Waals surface area contributed by atoms with E-state index in [0.717, 1.165) is 31.7 Å². The van der Waals surface area contributed by atoms with Crippen molar-refractivity contribution in [1.29, 1.82) is 5.26 Å². The molecule has 0 radical (unpaired) electrons. The Bertz CT molecular complexity index is 566. The van der Waals surface area contributed by atoms with Crippen LogP contribution in [-0.2, 0) is 4.79 Å². The lowest BCUT2D eigenvalue weighted by molar-refractivity contribution is -0.129. The first-order chi connectivity index (χ1) is 9.20. The van der Waals surface area contributed by atoms with Crippen molar-refractivity contribution < 1.29 is 4.79 Å². The monoisotopic (exact) mass is 275 g/mol. The number of nitrogens with zero attached hydrogens (tertiary/aromatic N) is 3. The van der Waals surface area contributed by atoms with Crippen LogP contribution in [0.25, 0.3) is 0 Å². The molecule has 98 valence electrons. The molecule has 19 heavy (non-hydrogen) atoms. The van der Waals surface area contributed by atoms with Crippen molar-refractivity contribution in [3.8, 4) is 6.07 Å². The third-order valence-corrected chi connectivity index (χ3v) is 4.25. The molecule has 4 nitrogen and oxygen atoms in total. The first kappa shape index (κ1) is 12.3. The highest BCUT2D eigenvalue weighted by Crippen LogP contribution is 2.31. The number of halogens is 1. The van der Waals surface area contributed by atoms with Gasteiger partial charge in [0.25, 0.3) is 0 Å².